The van der Waals surface area contributed by atoms with Gasteiger partial charge in [-0.05, 0) is 30.5 Å². The number of hydrogen-bond acceptors (Lipinski definition) is 3. The van der Waals surface area contributed by atoms with Crippen LogP contribution in [0.1, 0.15) is 19.3 Å². The maximum absolute atomic E-state index is 5.81. The van der Waals surface area contributed by atoms with E-state index in [0.29, 0.717) is 5.82 Å². The van der Waals surface area contributed by atoms with Crippen LogP contribution in [0.15, 0.2) is 30.3 Å². The van der Waals surface area contributed by atoms with E-state index in [1.165, 1.54) is 12.8 Å². The van der Waals surface area contributed by atoms with Crippen LogP contribution in [0.25, 0.3) is 10.9 Å². The Kier molecular flexibility index (Phi) is 2.59. The van der Waals surface area contributed by atoms with Crippen LogP contribution in [-0.4, -0.2) is 11.6 Å². The van der Waals surface area contributed by atoms with E-state index in [0.717, 1.165) is 35.6 Å². The second-order valence-corrected chi connectivity index (χ2v) is 4.64. The number of pyridine rings is 1. The molecule has 3 nitrogen and oxygen atoms in total. The van der Waals surface area contributed by atoms with Crippen LogP contribution < -0.4 is 10.5 Å². The highest BCUT2D eigenvalue weighted by atomic mass is 16.5. The number of fused-ring (bicyclic) bond motifs is 1. The third kappa shape index (κ3) is 2.33. The van der Waals surface area contributed by atoms with E-state index in [9.17, 15) is 0 Å². The Labute approximate surface area is 101 Å². The quantitative estimate of drug-likeness (QED) is 0.875. The number of aromatic nitrogens is 1. The van der Waals surface area contributed by atoms with E-state index in [4.69, 9.17) is 10.5 Å². The van der Waals surface area contributed by atoms with Gasteiger partial charge in [-0.3, -0.25) is 0 Å². The van der Waals surface area contributed by atoms with Gasteiger partial charge in [-0.2, -0.15) is 0 Å². The Balaban J connectivity index is 1.83. The Hall–Kier alpha value is -1.77. The van der Waals surface area contributed by atoms with Crippen molar-refractivity contribution in [1.29, 1.82) is 0 Å². The van der Waals surface area contributed by atoms with E-state index >= 15 is 0 Å². The SMILES string of the molecule is Nc1ccc2cccc(OCCC3CC3)c2n1. The number of nitrogens with two attached hydrogens (primary N) is 1. The molecule has 1 aliphatic rings. The molecule has 0 unspecified atom stereocenters. The molecule has 3 heteroatoms. The fourth-order valence-corrected chi connectivity index (χ4v) is 1.99. The first-order valence-corrected chi connectivity index (χ1v) is 6.11. The van der Waals surface area contributed by atoms with Crippen LogP contribution in [0.3, 0.4) is 0 Å². The van der Waals surface area contributed by atoms with E-state index in [1.807, 2.05) is 30.3 Å². The second kappa shape index (κ2) is 4.24. The summed E-state index contributed by atoms with van der Waals surface area (Å²) >= 11 is 0. The Morgan fingerprint density at radius 3 is 2.94 bits per heavy atom. The third-order valence-corrected chi connectivity index (χ3v) is 3.19. The molecule has 0 aliphatic heterocycles. The van der Waals surface area contributed by atoms with Crippen molar-refractivity contribution in [3.8, 4) is 5.75 Å². The minimum absolute atomic E-state index is 0.538. The first-order valence-electron chi connectivity index (χ1n) is 6.11. The molecule has 88 valence electrons. The summed E-state index contributed by atoms with van der Waals surface area (Å²) in [6.45, 7) is 0.778. The smallest absolute Gasteiger partial charge is 0.145 e. The van der Waals surface area contributed by atoms with Gasteiger partial charge in [-0.25, -0.2) is 4.98 Å². The minimum atomic E-state index is 0.538. The predicted octanol–water partition coefficient (Wildman–Crippen LogP) is 3.00. The average molecular weight is 228 g/mol. The van der Waals surface area contributed by atoms with Gasteiger partial charge in [-0.15, -0.1) is 0 Å². The summed E-state index contributed by atoms with van der Waals surface area (Å²) in [5, 5.41) is 1.07. The fourth-order valence-electron chi connectivity index (χ4n) is 1.99. The Bertz CT molecular complexity index is 535. The monoisotopic (exact) mass is 228 g/mol. The number of para-hydroxylation sites is 1. The molecule has 17 heavy (non-hydrogen) atoms. The van der Waals surface area contributed by atoms with Crippen LogP contribution in [0.4, 0.5) is 5.82 Å². The number of benzene rings is 1. The minimum Gasteiger partial charge on any atom is -0.491 e. The molecule has 2 N–H and O–H groups in total. The lowest BCUT2D eigenvalue weighted by Crippen LogP contribution is -2.00. The number of anilines is 1. The van der Waals surface area contributed by atoms with Gasteiger partial charge < -0.3 is 10.5 Å². The molecule has 0 amide bonds. The summed E-state index contributed by atoms with van der Waals surface area (Å²) < 4.78 is 5.81. The maximum atomic E-state index is 5.81. The van der Waals surface area contributed by atoms with Crippen molar-refractivity contribution < 1.29 is 4.74 Å². The normalized spacial score (nSPS) is 15.1. The highest BCUT2D eigenvalue weighted by molar-refractivity contribution is 5.85. The molecular formula is C14H16N2O. The number of rotatable bonds is 4. The van der Waals surface area contributed by atoms with Crippen LogP contribution in [0.5, 0.6) is 5.75 Å². The van der Waals surface area contributed by atoms with Crippen molar-refractivity contribution in [3.63, 3.8) is 0 Å². The zero-order valence-electron chi connectivity index (χ0n) is 9.73. The third-order valence-electron chi connectivity index (χ3n) is 3.19. The summed E-state index contributed by atoms with van der Waals surface area (Å²) in [6.07, 6.45) is 3.88. The largest absolute Gasteiger partial charge is 0.491 e. The standard InChI is InChI=1S/C14H16N2O/c15-13-7-6-11-2-1-3-12(14(11)16-13)17-9-8-10-4-5-10/h1-3,6-7,10H,4-5,8-9H2,(H2,15,16). The van der Waals surface area contributed by atoms with Crippen molar-refractivity contribution in [3.05, 3.63) is 30.3 Å². The molecule has 1 aliphatic carbocycles. The number of nitrogen functional groups attached to an aromatic ring is 1. The molecule has 1 fully saturated rings. The summed E-state index contributed by atoms with van der Waals surface area (Å²) in [4.78, 5) is 4.34. The fraction of sp³-hybridized carbons (Fsp3) is 0.357. The lowest BCUT2D eigenvalue weighted by atomic mass is 10.2. The van der Waals surface area contributed by atoms with Gasteiger partial charge in [0, 0.05) is 5.39 Å². The Morgan fingerprint density at radius 1 is 1.24 bits per heavy atom. The van der Waals surface area contributed by atoms with E-state index in [1.54, 1.807) is 0 Å². The molecule has 1 aromatic heterocycles. The first-order chi connectivity index (χ1) is 8.33. The summed E-state index contributed by atoms with van der Waals surface area (Å²) in [6, 6.07) is 9.77. The van der Waals surface area contributed by atoms with Crippen molar-refractivity contribution in [2.24, 2.45) is 5.92 Å². The topological polar surface area (TPSA) is 48.1 Å². The molecule has 3 rings (SSSR count). The number of ether oxygens (including phenoxy) is 1. The van der Waals surface area contributed by atoms with E-state index in [2.05, 4.69) is 4.98 Å². The van der Waals surface area contributed by atoms with Gasteiger partial charge in [-0.1, -0.05) is 25.0 Å². The molecule has 0 bridgehead atoms. The van der Waals surface area contributed by atoms with Crippen LogP contribution >= 0.6 is 0 Å². The van der Waals surface area contributed by atoms with Crippen molar-refractivity contribution in [2.75, 3.05) is 12.3 Å². The second-order valence-electron chi connectivity index (χ2n) is 4.64. The molecule has 1 heterocycles. The number of hydrogen-bond donors (Lipinski definition) is 1. The van der Waals surface area contributed by atoms with Gasteiger partial charge >= 0.3 is 0 Å². The van der Waals surface area contributed by atoms with Crippen molar-refractivity contribution in [2.45, 2.75) is 19.3 Å². The summed E-state index contributed by atoms with van der Waals surface area (Å²) in [7, 11) is 0. The summed E-state index contributed by atoms with van der Waals surface area (Å²) in [5.41, 5.74) is 6.58. The first kappa shape index (κ1) is 10.4. The van der Waals surface area contributed by atoms with Crippen LogP contribution in [-0.2, 0) is 0 Å². The zero-order valence-corrected chi connectivity index (χ0v) is 9.73. The molecule has 1 saturated carbocycles. The molecule has 0 atom stereocenters. The predicted molar refractivity (Wildman–Crippen MR) is 69.0 cm³/mol. The molecule has 2 aromatic rings. The molecule has 0 saturated heterocycles. The lowest BCUT2D eigenvalue weighted by Gasteiger charge is -2.08. The van der Waals surface area contributed by atoms with Gasteiger partial charge in [0.1, 0.15) is 17.1 Å². The molecular weight excluding hydrogens is 212 g/mol. The van der Waals surface area contributed by atoms with E-state index in [-0.39, 0.29) is 0 Å². The highest BCUT2D eigenvalue weighted by Crippen LogP contribution is 2.32. The van der Waals surface area contributed by atoms with E-state index < -0.39 is 0 Å². The van der Waals surface area contributed by atoms with Gasteiger partial charge in [0.2, 0.25) is 0 Å². The van der Waals surface area contributed by atoms with Crippen LogP contribution in [0.2, 0.25) is 0 Å². The zero-order chi connectivity index (χ0) is 11.7. The lowest BCUT2D eigenvalue weighted by molar-refractivity contribution is 0.305. The molecule has 0 radical (unpaired) electrons. The van der Waals surface area contributed by atoms with Gasteiger partial charge in [0.25, 0.3) is 0 Å². The van der Waals surface area contributed by atoms with Gasteiger partial charge in [0.05, 0.1) is 6.61 Å². The number of nitrogens with zero attached hydrogens (tertiary/aromatic N) is 1. The molecule has 1 aromatic carbocycles. The van der Waals surface area contributed by atoms with Crippen molar-refractivity contribution in [1.82, 2.24) is 4.98 Å². The summed E-state index contributed by atoms with van der Waals surface area (Å²) in [5.74, 6) is 2.27. The Morgan fingerprint density at radius 2 is 2.12 bits per heavy atom. The van der Waals surface area contributed by atoms with Crippen molar-refractivity contribution >= 4 is 16.7 Å². The van der Waals surface area contributed by atoms with Crippen LogP contribution in [0, 0.1) is 5.92 Å². The van der Waals surface area contributed by atoms with Gasteiger partial charge in [0.15, 0.2) is 0 Å². The molecule has 0 spiro atoms. The maximum Gasteiger partial charge on any atom is 0.145 e. The average Bonchev–Trinajstić information content (AvgIpc) is 3.14. The highest BCUT2D eigenvalue weighted by Gasteiger charge is 2.20.